The standard InChI is InChI=1S/C15H21FN4/c1-11(2)4-5-12(3)19-13-6-7-15(14(16)8-13)20-10-17-9-18-20/h6-12,19H,4-5H2,1-3H3. The molecule has 108 valence electrons. The van der Waals surface area contributed by atoms with E-state index in [0.717, 1.165) is 18.5 Å². The number of anilines is 1. The summed E-state index contributed by atoms with van der Waals surface area (Å²) in [5, 5.41) is 7.26. The number of hydrogen-bond donors (Lipinski definition) is 1. The van der Waals surface area contributed by atoms with E-state index in [4.69, 9.17) is 0 Å². The van der Waals surface area contributed by atoms with E-state index in [0.29, 0.717) is 17.6 Å². The Morgan fingerprint density at radius 2 is 2.05 bits per heavy atom. The SMILES string of the molecule is CC(C)CCC(C)Nc1ccc(-n2cncn2)c(F)c1. The summed E-state index contributed by atoms with van der Waals surface area (Å²) in [5.74, 6) is 0.377. The molecule has 4 nitrogen and oxygen atoms in total. The van der Waals surface area contributed by atoms with Crippen molar-refractivity contribution in [1.29, 1.82) is 0 Å². The predicted molar refractivity (Wildman–Crippen MR) is 78.5 cm³/mol. The van der Waals surface area contributed by atoms with E-state index in [-0.39, 0.29) is 5.82 Å². The van der Waals surface area contributed by atoms with Crippen molar-refractivity contribution in [1.82, 2.24) is 14.8 Å². The Morgan fingerprint density at radius 1 is 1.25 bits per heavy atom. The average molecular weight is 276 g/mol. The summed E-state index contributed by atoms with van der Waals surface area (Å²) in [4.78, 5) is 3.82. The van der Waals surface area contributed by atoms with Crippen molar-refractivity contribution in [3.8, 4) is 5.69 Å². The summed E-state index contributed by atoms with van der Waals surface area (Å²) in [6, 6.07) is 5.41. The minimum absolute atomic E-state index is 0.309. The van der Waals surface area contributed by atoms with Crippen LogP contribution in [-0.4, -0.2) is 20.8 Å². The van der Waals surface area contributed by atoms with Crippen LogP contribution >= 0.6 is 0 Å². The van der Waals surface area contributed by atoms with Crippen LogP contribution in [0.2, 0.25) is 0 Å². The largest absolute Gasteiger partial charge is 0.383 e. The molecule has 1 N–H and O–H groups in total. The van der Waals surface area contributed by atoms with Crippen molar-refractivity contribution < 1.29 is 4.39 Å². The van der Waals surface area contributed by atoms with Crippen LogP contribution in [0.5, 0.6) is 0 Å². The Balaban J connectivity index is 2.02. The van der Waals surface area contributed by atoms with Gasteiger partial charge in [-0.05, 0) is 43.9 Å². The van der Waals surface area contributed by atoms with Crippen LogP contribution in [0.3, 0.4) is 0 Å². The highest BCUT2D eigenvalue weighted by molar-refractivity contribution is 5.49. The van der Waals surface area contributed by atoms with E-state index in [1.165, 1.54) is 23.4 Å². The third kappa shape index (κ3) is 3.79. The molecule has 1 aromatic heterocycles. The van der Waals surface area contributed by atoms with Gasteiger partial charge in [-0.1, -0.05) is 13.8 Å². The molecule has 0 aliphatic rings. The van der Waals surface area contributed by atoms with E-state index in [1.54, 1.807) is 6.07 Å². The molecule has 1 aromatic carbocycles. The van der Waals surface area contributed by atoms with Gasteiger partial charge < -0.3 is 5.32 Å². The maximum Gasteiger partial charge on any atom is 0.150 e. The molecular formula is C15H21FN4. The van der Waals surface area contributed by atoms with Crippen LogP contribution in [0.1, 0.15) is 33.6 Å². The Hall–Kier alpha value is -1.91. The zero-order valence-electron chi connectivity index (χ0n) is 12.2. The van der Waals surface area contributed by atoms with Crippen LogP contribution < -0.4 is 5.32 Å². The highest BCUT2D eigenvalue weighted by Crippen LogP contribution is 2.19. The lowest BCUT2D eigenvalue weighted by atomic mass is 10.0. The van der Waals surface area contributed by atoms with Crippen molar-refractivity contribution in [3.63, 3.8) is 0 Å². The number of aromatic nitrogens is 3. The molecule has 2 aromatic rings. The van der Waals surface area contributed by atoms with Gasteiger partial charge >= 0.3 is 0 Å². The molecule has 0 aliphatic heterocycles. The van der Waals surface area contributed by atoms with E-state index in [1.807, 2.05) is 6.07 Å². The van der Waals surface area contributed by atoms with Crippen molar-refractivity contribution in [2.75, 3.05) is 5.32 Å². The van der Waals surface area contributed by atoms with Gasteiger partial charge in [0.2, 0.25) is 0 Å². The zero-order chi connectivity index (χ0) is 14.5. The number of hydrogen-bond acceptors (Lipinski definition) is 3. The molecule has 0 fully saturated rings. The third-order valence-electron chi connectivity index (χ3n) is 3.20. The molecule has 0 saturated heterocycles. The van der Waals surface area contributed by atoms with Gasteiger partial charge in [-0.15, -0.1) is 0 Å². The fraction of sp³-hybridized carbons (Fsp3) is 0.467. The second kappa shape index (κ2) is 6.50. The van der Waals surface area contributed by atoms with Gasteiger partial charge in [-0.2, -0.15) is 5.10 Å². The number of halogens is 1. The van der Waals surface area contributed by atoms with Gasteiger partial charge in [0.25, 0.3) is 0 Å². The molecule has 0 bridgehead atoms. The van der Waals surface area contributed by atoms with Gasteiger partial charge in [0.15, 0.2) is 5.82 Å². The average Bonchev–Trinajstić information content (AvgIpc) is 2.90. The van der Waals surface area contributed by atoms with Crippen LogP contribution in [0.4, 0.5) is 10.1 Å². The molecule has 0 spiro atoms. The number of benzene rings is 1. The summed E-state index contributed by atoms with van der Waals surface area (Å²) in [6.07, 6.45) is 5.11. The first kappa shape index (κ1) is 14.5. The second-order valence-corrected chi connectivity index (χ2v) is 5.52. The Kier molecular flexibility index (Phi) is 4.71. The van der Waals surface area contributed by atoms with Crippen LogP contribution in [0.15, 0.2) is 30.9 Å². The molecule has 2 rings (SSSR count). The van der Waals surface area contributed by atoms with E-state index in [2.05, 4.69) is 36.2 Å². The lowest BCUT2D eigenvalue weighted by Crippen LogP contribution is -2.16. The van der Waals surface area contributed by atoms with Crippen LogP contribution in [-0.2, 0) is 0 Å². The van der Waals surface area contributed by atoms with Crippen molar-refractivity contribution in [3.05, 3.63) is 36.7 Å². The van der Waals surface area contributed by atoms with Crippen molar-refractivity contribution in [2.24, 2.45) is 5.92 Å². The predicted octanol–water partition coefficient (Wildman–Crippen LogP) is 3.64. The maximum absolute atomic E-state index is 14.0. The Labute approximate surface area is 119 Å². The molecule has 5 heteroatoms. The third-order valence-corrected chi connectivity index (χ3v) is 3.20. The van der Waals surface area contributed by atoms with Gasteiger partial charge in [0.1, 0.15) is 18.3 Å². The molecule has 0 aliphatic carbocycles. The topological polar surface area (TPSA) is 42.7 Å². The second-order valence-electron chi connectivity index (χ2n) is 5.52. The van der Waals surface area contributed by atoms with Crippen LogP contribution in [0, 0.1) is 11.7 Å². The maximum atomic E-state index is 14.0. The van der Waals surface area contributed by atoms with E-state index in [9.17, 15) is 4.39 Å². The first-order chi connectivity index (χ1) is 9.56. The molecule has 0 radical (unpaired) electrons. The number of nitrogens with zero attached hydrogens (tertiary/aromatic N) is 3. The molecule has 1 unspecified atom stereocenters. The highest BCUT2D eigenvalue weighted by atomic mass is 19.1. The lowest BCUT2D eigenvalue weighted by Gasteiger charge is -2.17. The monoisotopic (exact) mass is 276 g/mol. The summed E-state index contributed by atoms with van der Waals surface area (Å²) < 4.78 is 15.5. The van der Waals surface area contributed by atoms with Crippen LogP contribution in [0.25, 0.3) is 5.69 Å². The summed E-state index contributed by atoms with van der Waals surface area (Å²) in [6.45, 7) is 6.53. The normalized spacial score (nSPS) is 12.7. The van der Waals surface area contributed by atoms with Gasteiger partial charge in [-0.3, -0.25) is 0 Å². The van der Waals surface area contributed by atoms with E-state index >= 15 is 0 Å². The van der Waals surface area contributed by atoms with Gasteiger partial charge in [0, 0.05) is 11.7 Å². The lowest BCUT2D eigenvalue weighted by molar-refractivity contribution is 0.527. The summed E-state index contributed by atoms with van der Waals surface area (Å²) in [5.41, 5.74) is 1.20. The smallest absolute Gasteiger partial charge is 0.150 e. The molecule has 1 atom stereocenters. The minimum atomic E-state index is -0.309. The Bertz CT molecular complexity index is 537. The first-order valence-electron chi connectivity index (χ1n) is 6.97. The first-order valence-corrected chi connectivity index (χ1v) is 6.97. The Morgan fingerprint density at radius 3 is 2.65 bits per heavy atom. The highest BCUT2D eigenvalue weighted by Gasteiger charge is 2.08. The molecule has 1 heterocycles. The van der Waals surface area contributed by atoms with Gasteiger partial charge in [0.05, 0.1) is 0 Å². The quantitative estimate of drug-likeness (QED) is 0.876. The minimum Gasteiger partial charge on any atom is -0.383 e. The fourth-order valence-corrected chi connectivity index (χ4v) is 2.06. The molecule has 20 heavy (non-hydrogen) atoms. The fourth-order valence-electron chi connectivity index (χ4n) is 2.06. The summed E-state index contributed by atoms with van der Waals surface area (Å²) >= 11 is 0. The molecular weight excluding hydrogens is 255 g/mol. The summed E-state index contributed by atoms with van der Waals surface area (Å²) in [7, 11) is 0. The van der Waals surface area contributed by atoms with Crippen molar-refractivity contribution >= 4 is 5.69 Å². The zero-order valence-corrected chi connectivity index (χ0v) is 12.2. The number of rotatable bonds is 6. The number of nitrogens with one attached hydrogen (secondary N) is 1. The van der Waals surface area contributed by atoms with E-state index < -0.39 is 0 Å². The van der Waals surface area contributed by atoms with Crippen molar-refractivity contribution in [2.45, 2.75) is 39.7 Å². The van der Waals surface area contributed by atoms with Gasteiger partial charge in [-0.25, -0.2) is 14.1 Å². The molecule has 0 amide bonds. The molecule has 0 saturated carbocycles.